The van der Waals surface area contributed by atoms with E-state index in [-0.39, 0.29) is 0 Å². The van der Waals surface area contributed by atoms with E-state index in [0.717, 1.165) is 12.1 Å². The third-order valence-electron chi connectivity index (χ3n) is 4.38. The molecule has 1 atom stereocenters. The summed E-state index contributed by atoms with van der Waals surface area (Å²) in [5, 5.41) is 0. The zero-order chi connectivity index (χ0) is 12.1. The van der Waals surface area contributed by atoms with Crippen molar-refractivity contribution < 1.29 is 0 Å². The second kappa shape index (κ2) is 5.61. The van der Waals surface area contributed by atoms with Gasteiger partial charge in [0.2, 0.25) is 0 Å². The summed E-state index contributed by atoms with van der Waals surface area (Å²) in [6, 6.07) is 6.44. The summed E-state index contributed by atoms with van der Waals surface area (Å²) in [5.74, 6) is 5.78. The number of pyridine rings is 1. The van der Waals surface area contributed by atoms with Gasteiger partial charge in [0.1, 0.15) is 0 Å². The van der Waals surface area contributed by atoms with E-state index in [1.165, 1.54) is 32.1 Å². The van der Waals surface area contributed by atoms with Gasteiger partial charge in [-0.3, -0.25) is 16.3 Å². The normalized spacial score (nSPS) is 20.4. The predicted molar refractivity (Wildman–Crippen MR) is 70.2 cm³/mol. The topological polar surface area (TPSA) is 50.9 Å². The van der Waals surface area contributed by atoms with Crippen molar-refractivity contribution in [3.05, 3.63) is 30.1 Å². The summed E-state index contributed by atoms with van der Waals surface area (Å²) in [6.45, 7) is 2.29. The highest BCUT2D eigenvalue weighted by molar-refractivity contribution is 5.08. The van der Waals surface area contributed by atoms with Gasteiger partial charge in [0.25, 0.3) is 0 Å². The number of nitrogens with zero attached hydrogens (tertiary/aromatic N) is 1. The minimum Gasteiger partial charge on any atom is -0.271 e. The molecule has 1 fully saturated rings. The van der Waals surface area contributed by atoms with Crippen molar-refractivity contribution in [3.8, 4) is 0 Å². The van der Waals surface area contributed by atoms with Gasteiger partial charge in [-0.1, -0.05) is 25.8 Å². The second-order valence-electron chi connectivity index (χ2n) is 5.17. The Morgan fingerprint density at radius 3 is 2.71 bits per heavy atom. The molecule has 0 aliphatic heterocycles. The molecule has 2 rings (SSSR count). The molecule has 1 heterocycles. The molecule has 1 aromatic heterocycles. The van der Waals surface area contributed by atoms with Crippen LogP contribution in [0.5, 0.6) is 0 Å². The molecule has 17 heavy (non-hydrogen) atoms. The van der Waals surface area contributed by atoms with E-state index in [2.05, 4.69) is 23.4 Å². The fourth-order valence-corrected chi connectivity index (χ4v) is 3.21. The van der Waals surface area contributed by atoms with Crippen molar-refractivity contribution in [1.29, 1.82) is 0 Å². The monoisotopic (exact) mass is 233 g/mol. The average molecular weight is 233 g/mol. The molecule has 0 amide bonds. The van der Waals surface area contributed by atoms with Crippen LogP contribution < -0.4 is 11.3 Å². The third kappa shape index (κ3) is 2.67. The van der Waals surface area contributed by atoms with Gasteiger partial charge in [-0.15, -0.1) is 0 Å². The van der Waals surface area contributed by atoms with Crippen LogP contribution in [0.4, 0.5) is 0 Å². The Balaban J connectivity index is 2.10. The zero-order valence-electron chi connectivity index (χ0n) is 10.7. The molecule has 3 nitrogen and oxygen atoms in total. The molecule has 1 unspecified atom stereocenters. The molecular weight excluding hydrogens is 210 g/mol. The molecule has 0 saturated heterocycles. The summed E-state index contributed by atoms with van der Waals surface area (Å²) in [4.78, 5) is 4.41. The standard InChI is InChI=1S/C14H23N3/c1-2-14(8-4-5-9-14)13(17-15)11-12-7-3-6-10-16-12/h3,6-7,10,13,17H,2,4-5,8-9,11,15H2,1H3. The van der Waals surface area contributed by atoms with Crippen molar-refractivity contribution >= 4 is 0 Å². The molecule has 1 aromatic rings. The Hall–Kier alpha value is -0.930. The molecule has 0 radical (unpaired) electrons. The first-order chi connectivity index (χ1) is 8.30. The fraction of sp³-hybridized carbons (Fsp3) is 0.643. The number of hydrogen-bond donors (Lipinski definition) is 2. The quantitative estimate of drug-likeness (QED) is 0.606. The molecule has 1 aliphatic carbocycles. The number of nitrogens with one attached hydrogen (secondary N) is 1. The largest absolute Gasteiger partial charge is 0.271 e. The van der Waals surface area contributed by atoms with Crippen LogP contribution in [0.15, 0.2) is 24.4 Å². The average Bonchev–Trinajstić information content (AvgIpc) is 2.87. The number of nitrogens with two attached hydrogens (primary N) is 1. The zero-order valence-corrected chi connectivity index (χ0v) is 10.7. The Labute approximate surface area is 104 Å². The van der Waals surface area contributed by atoms with E-state index in [0.29, 0.717) is 11.5 Å². The summed E-state index contributed by atoms with van der Waals surface area (Å²) < 4.78 is 0. The smallest absolute Gasteiger partial charge is 0.0419 e. The summed E-state index contributed by atoms with van der Waals surface area (Å²) >= 11 is 0. The molecular formula is C14H23N3. The van der Waals surface area contributed by atoms with Crippen LogP contribution in [0.2, 0.25) is 0 Å². The highest BCUT2D eigenvalue weighted by Crippen LogP contribution is 2.44. The minimum atomic E-state index is 0.352. The molecule has 0 aromatic carbocycles. The molecule has 0 spiro atoms. The van der Waals surface area contributed by atoms with Gasteiger partial charge in [0, 0.05) is 24.4 Å². The maximum Gasteiger partial charge on any atom is 0.0419 e. The van der Waals surface area contributed by atoms with E-state index in [4.69, 9.17) is 5.84 Å². The maximum atomic E-state index is 5.78. The van der Waals surface area contributed by atoms with Crippen LogP contribution in [0.1, 0.15) is 44.7 Å². The van der Waals surface area contributed by atoms with Crippen LogP contribution >= 0.6 is 0 Å². The van der Waals surface area contributed by atoms with Gasteiger partial charge in [0.05, 0.1) is 0 Å². The van der Waals surface area contributed by atoms with Gasteiger partial charge < -0.3 is 0 Å². The lowest BCUT2D eigenvalue weighted by molar-refractivity contribution is 0.184. The van der Waals surface area contributed by atoms with Crippen LogP contribution in [0.3, 0.4) is 0 Å². The Bertz CT molecular complexity index is 331. The van der Waals surface area contributed by atoms with Crippen LogP contribution in [-0.2, 0) is 6.42 Å². The number of rotatable bonds is 5. The number of aromatic nitrogens is 1. The van der Waals surface area contributed by atoms with Crippen molar-refractivity contribution in [2.75, 3.05) is 0 Å². The van der Waals surface area contributed by atoms with Crippen molar-refractivity contribution in [1.82, 2.24) is 10.4 Å². The first kappa shape index (κ1) is 12.5. The lowest BCUT2D eigenvalue weighted by Gasteiger charge is -2.36. The summed E-state index contributed by atoms with van der Waals surface area (Å²) in [5.41, 5.74) is 4.56. The predicted octanol–water partition coefficient (Wildman–Crippen LogP) is 2.43. The molecule has 1 aliphatic rings. The highest BCUT2D eigenvalue weighted by Gasteiger charge is 2.39. The Morgan fingerprint density at radius 2 is 2.18 bits per heavy atom. The first-order valence-electron chi connectivity index (χ1n) is 6.67. The van der Waals surface area contributed by atoms with Crippen LogP contribution in [-0.4, -0.2) is 11.0 Å². The van der Waals surface area contributed by atoms with Crippen molar-refractivity contribution in [2.45, 2.75) is 51.5 Å². The molecule has 0 bridgehead atoms. The van der Waals surface area contributed by atoms with E-state index in [9.17, 15) is 0 Å². The Kier molecular flexibility index (Phi) is 4.13. The third-order valence-corrected chi connectivity index (χ3v) is 4.38. The fourth-order valence-electron chi connectivity index (χ4n) is 3.21. The SMILES string of the molecule is CCC1(C(Cc2ccccn2)NN)CCCC1. The highest BCUT2D eigenvalue weighted by atomic mass is 15.2. The van der Waals surface area contributed by atoms with Crippen molar-refractivity contribution in [2.24, 2.45) is 11.3 Å². The van der Waals surface area contributed by atoms with E-state index >= 15 is 0 Å². The van der Waals surface area contributed by atoms with Crippen LogP contribution in [0, 0.1) is 5.41 Å². The summed E-state index contributed by atoms with van der Waals surface area (Å²) in [7, 11) is 0. The number of hydrogen-bond acceptors (Lipinski definition) is 3. The minimum absolute atomic E-state index is 0.352. The van der Waals surface area contributed by atoms with E-state index < -0.39 is 0 Å². The van der Waals surface area contributed by atoms with Gasteiger partial charge in [-0.05, 0) is 36.8 Å². The van der Waals surface area contributed by atoms with E-state index in [1.807, 2.05) is 18.3 Å². The van der Waals surface area contributed by atoms with Gasteiger partial charge in [0.15, 0.2) is 0 Å². The molecule has 1 saturated carbocycles. The molecule has 3 N–H and O–H groups in total. The van der Waals surface area contributed by atoms with Crippen LogP contribution in [0.25, 0.3) is 0 Å². The lowest BCUT2D eigenvalue weighted by atomic mass is 9.74. The first-order valence-corrected chi connectivity index (χ1v) is 6.67. The van der Waals surface area contributed by atoms with E-state index in [1.54, 1.807) is 0 Å². The lowest BCUT2D eigenvalue weighted by Crippen LogP contribution is -2.48. The number of hydrazine groups is 1. The van der Waals surface area contributed by atoms with Gasteiger partial charge >= 0.3 is 0 Å². The van der Waals surface area contributed by atoms with Crippen molar-refractivity contribution in [3.63, 3.8) is 0 Å². The Morgan fingerprint density at radius 1 is 1.41 bits per heavy atom. The molecule has 3 heteroatoms. The van der Waals surface area contributed by atoms with Gasteiger partial charge in [-0.25, -0.2) is 0 Å². The maximum absolute atomic E-state index is 5.78. The second-order valence-corrected chi connectivity index (χ2v) is 5.17. The summed E-state index contributed by atoms with van der Waals surface area (Å²) in [6.07, 6.45) is 9.27. The molecule has 94 valence electrons. The van der Waals surface area contributed by atoms with Gasteiger partial charge in [-0.2, -0.15) is 0 Å².